The second kappa shape index (κ2) is 6.14. The van der Waals surface area contributed by atoms with Crippen molar-refractivity contribution in [1.29, 1.82) is 0 Å². The Hall–Kier alpha value is -1.58. The Balaban J connectivity index is 2.58. The van der Waals surface area contributed by atoms with Gasteiger partial charge in [-0.05, 0) is 5.56 Å². The standard InChI is InChI=1S/C14H14F2O5S2/c1-2-12-10-21-13(9-8-11-6-4-3-5-7-11)14(12,22(15,17)18)23(16,19)20/h2-9,12-13H,1,10H2/b9-8+. The lowest BCUT2D eigenvalue weighted by Crippen LogP contribution is -2.52. The minimum atomic E-state index is -5.85. The third-order valence-electron chi connectivity index (χ3n) is 3.68. The fourth-order valence-electron chi connectivity index (χ4n) is 2.59. The van der Waals surface area contributed by atoms with Gasteiger partial charge in [0, 0.05) is 5.92 Å². The van der Waals surface area contributed by atoms with Crippen molar-refractivity contribution in [2.45, 2.75) is 10.2 Å². The Bertz CT molecular complexity index is 784. The van der Waals surface area contributed by atoms with Gasteiger partial charge in [0.05, 0.1) is 6.61 Å². The van der Waals surface area contributed by atoms with Crippen LogP contribution in [0.1, 0.15) is 5.56 Å². The summed E-state index contributed by atoms with van der Waals surface area (Å²) in [5, 5.41) is 0. The summed E-state index contributed by atoms with van der Waals surface area (Å²) < 4.78 is 75.6. The van der Waals surface area contributed by atoms with Crippen LogP contribution in [0.4, 0.5) is 7.77 Å². The monoisotopic (exact) mass is 364 g/mol. The molecule has 126 valence electrons. The summed E-state index contributed by atoms with van der Waals surface area (Å²) in [6, 6.07) is 8.40. The lowest BCUT2D eigenvalue weighted by Gasteiger charge is -2.27. The quantitative estimate of drug-likeness (QED) is 0.591. The fourth-order valence-corrected chi connectivity index (χ4v) is 5.44. The number of rotatable bonds is 5. The van der Waals surface area contributed by atoms with Crippen LogP contribution in [0.25, 0.3) is 6.08 Å². The summed E-state index contributed by atoms with van der Waals surface area (Å²) >= 11 is 0. The highest BCUT2D eigenvalue weighted by molar-refractivity contribution is 8.06. The van der Waals surface area contributed by atoms with Gasteiger partial charge < -0.3 is 4.74 Å². The summed E-state index contributed by atoms with van der Waals surface area (Å²) in [5.74, 6) is -1.57. The summed E-state index contributed by atoms with van der Waals surface area (Å²) in [5.41, 5.74) is 0.583. The second-order valence-corrected chi connectivity index (χ2v) is 8.32. The first-order chi connectivity index (χ1) is 10.6. The van der Waals surface area contributed by atoms with Crippen LogP contribution in [0, 0.1) is 5.92 Å². The molecule has 0 amide bonds. The molecule has 0 spiro atoms. The molecule has 1 aliphatic rings. The van der Waals surface area contributed by atoms with Gasteiger partial charge in [-0.25, -0.2) is 0 Å². The smallest absolute Gasteiger partial charge is 0.329 e. The summed E-state index contributed by atoms with van der Waals surface area (Å²) in [7, 11) is -11.7. The van der Waals surface area contributed by atoms with Crippen molar-refractivity contribution in [3.63, 3.8) is 0 Å². The van der Waals surface area contributed by atoms with Crippen LogP contribution >= 0.6 is 0 Å². The zero-order valence-electron chi connectivity index (χ0n) is 11.8. The lowest BCUT2D eigenvalue weighted by atomic mass is 10.0. The maximum absolute atomic E-state index is 13.8. The van der Waals surface area contributed by atoms with E-state index in [1.165, 1.54) is 6.08 Å². The van der Waals surface area contributed by atoms with Gasteiger partial charge in [0.2, 0.25) is 0 Å². The molecule has 0 radical (unpaired) electrons. The molecule has 1 aromatic carbocycles. The number of hydrogen-bond donors (Lipinski definition) is 0. The number of benzene rings is 1. The van der Waals surface area contributed by atoms with E-state index in [-0.39, 0.29) is 0 Å². The minimum Gasteiger partial charge on any atom is -0.370 e. The molecule has 1 aliphatic heterocycles. The van der Waals surface area contributed by atoms with Gasteiger partial charge >= 0.3 is 20.4 Å². The first-order valence-electron chi connectivity index (χ1n) is 6.50. The average Bonchev–Trinajstić information content (AvgIpc) is 2.85. The maximum atomic E-state index is 13.8. The van der Waals surface area contributed by atoms with Crippen molar-refractivity contribution in [1.82, 2.24) is 0 Å². The zero-order chi connectivity index (χ0) is 17.3. The summed E-state index contributed by atoms with van der Waals surface area (Å²) in [6.45, 7) is 2.76. The molecule has 1 heterocycles. The topological polar surface area (TPSA) is 77.5 Å². The Kier molecular flexibility index (Phi) is 4.74. The summed E-state index contributed by atoms with van der Waals surface area (Å²) in [4.78, 5) is 0. The molecule has 0 aliphatic carbocycles. The molecule has 0 saturated carbocycles. The van der Waals surface area contributed by atoms with Crippen LogP contribution in [0.15, 0.2) is 49.1 Å². The molecule has 23 heavy (non-hydrogen) atoms. The van der Waals surface area contributed by atoms with Gasteiger partial charge in [-0.1, -0.05) is 48.6 Å². The molecular weight excluding hydrogens is 350 g/mol. The van der Waals surface area contributed by atoms with Gasteiger partial charge in [-0.2, -0.15) is 16.8 Å². The van der Waals surface area contributed by atoms with Gasteiger partial charge in [0.1, 0.15) is 6.10 Å². The van der Waals surface area contributed by atoms with Crippen LogP contribution < -0.4 is 0 Å². The van der Waals surface area contributed by atoms with Crippen molar-refractivity contribution in [3.05, 3.63) is 54.6 Å². The molecule has 1 saturated heterocycles. The molecule has 5 nitrogen and oxygen atoms in total. The number of halogens is 2. The van der Waals surface area contributed by atoms with Crippen molar-refractivity contribution in [2.75, 3.05) is 6.61 Å². The number of hydrogen-bond acceptors (Lipinski definition) is 5. The van der Waals surface area contributed by atoms with Crippen LogP contribution in [-0.2, 0) is 25.2 Å². The molecule has 0 bridgehead atoms. The maximum Gasteiger partial charge on any atom is 0.329 e. The first-order valence-corrected chi connectivity index (χ1v) is 9.27. The van der Waals surface area contributed by atoms with E-state index in [1.807, 2.05) is 0 Å². The molecule has 9 heteroatoms. The van der Waals surface area contributed by atoms with Crippen molar-refractivity contribution in [3.8, 4) is 0 Å². The highest BCUT2D eigenvalue weighted by Gasteiger charge is 2.69. The molecule has 2 rings (SSSR count). The molecule has 2 unspecified atom stereocenters. The largest absolute Gasteiger partial charge is 0.370 e. The van der Waals surface area contributed by atoms with E-state index in [0.717, 1.165) is 12.2 Å². The zero-order valence-corrected chi connectivity index (χ0v) is 13.4. The Labute approximate surface area is 133 Å². The van der Waals surface area contributed by atoms with Gasteiger partial charge in [0.25, 0.3) is 4.08 Å². The first kappa shape index (κ1) is 17.8. The predicted molar refractivity (Wildman–Crippen MR) is 81.7 cm³/mol. The minimum absolute atomic E-state index is 0.487. The summed E-state index contributed by atoms with van der Waals surface area (Å²) in [6.07, 6.45) is 1.38. The fraction of sp³-hybridized carbons (Fsp3) is 0.286. The predicted octanol–water partition coefficient (Wildman–Crippen LogP) is 2.20. The normalized spacial score (nSPS) is 24.8. The Morgan fingerprint density at radius 1 is 1.13 bits per heavy atom. The third kappa shape index (κ3) is 2.96. The van der Waals surface area contributed by atoms with Crippen LogP contribution in [0.2, 0.25) is 0 Å². The molecule has 2 atom stereocenters. The average molecular weight is 364 g/mol. The molecular formula is C14H14F2O5S2. The highest BCUT2D eigenvalue weighted by Crippen LogP contribution is 2.46. The van der Waals surface area contributed by atoms with Crippen LogP contribution in [-0.4, -0.2) is 33.6 Å². The van der Waals surface area contributed by atoms with Gasteiger partial charge in [-0.15, -0.1) is 14.4 Å². The van der Waals surface area contributed by atoms with Gasteiger partial charge in [0.15, 0.2) is 0 Å². The Morgan fingerprint density at radius 2 is 1.70 bits per heavy atom. The molecule has 0 aromatic heterocycles. The lowest BCUT2D eigenvalue weighted by molar-refractivity contribution is 0.139. The second-order valence-electron chi connectivity index (χ2n) is 4.96. The van der Waals surface area contributed by atoms with Gasteiger partial charge in [-0.3, -0.25) is 0 Å². The van der Waals surface area contributed by atoms with Crippen molar-refractivity contribution < 1.29 is 29.3 Å². The van der Waals surface area contributed by atoms with E-state index < -0.39 is 43.2 Å². The van der Waals surface area contributed by atoms with Crippen molar-refractivity contribution >= 4 is 26.5 Å². The third-order valence-corrected chi connectivity index (χ3v) is 7.47. The van der Waals surface area contributed by atoms with E-state index in [9.17, 15) is 24.6 Å². The SMILES string of the molecule is C=CC1COC(/C=C/c2ccccc2)C1(S(=O)(=O)F)S(=O)(=O)F. The van der Waals surface area contributed by atoms with E-state index in [2.05, 4.69) is 6.58 Å². The Morgan fingerprint density at radius 3 is 2.17 bits per heavy atom. The highest BCUT2D eigenvalue weighted by atomic mass is 32.3. The number of ether oxygens (including phenoxy) is 1. The molecule has 0 N–H and O–H groups in total. The van der Waals surface area contributed by atoms with E-state index >= 15 is 0 Å². The molecule has 1 fully saturated rings. The van der Waals surface area contributed by atoms with E-state index in [4.69, 9.17) is 4.74 Å². The van der Waals surface area contributed by atoms with Crippen molar-refractivity contribution in [2.24, 2.45) is 5.92 Å². The van der Waals surface area contributed by atoms with E-state index in [0.29, 0.717) is 5.56 Å². The van der Waals surface area contributed by atoms with Crippen LogP contribution in [0.3, 0.4) is 0 Å². The molecule has 1 aromatic rings. The van der Waals surface area contributed by atoms with Crippen LogP contribution in [0.5, 0.6) is 0 Å². The van der Waals surface area contributed by atoms with E-state index in [1.54, 1.807) is 30.3 Å².